The van der Waals surface area contributed by atoms with Gasteiger partial charge in [0.25, 0.3) is 0 Å². The minimum absolute atomic E-state index is 0.0159. The van der Waals surface area contributed by atoms with Gasteiger partial charge in [-0.15, -0.1) is 10.2 Å². The maximum atomic E-state index is 5.88. The van der Waals surface area contributed by atoms with Gasteiger partial charge in [0, 0.05) is 12.6 Å². The Morgan fingerprint density at radius 1 is 1.04 bits per heavy atom. The summed E-state index contributed by atoms with van der Waals surface area (Å²) in [5.74, 6) is 1.15. The van der Waals surface area contributed by atoms with Gasteiger partial charge in [-0.1, -0.05) is 41.6 Å². The van der Waals surface area contributed by atoms with E-state index in [0.717, 1.165) is 21.8 Å². The lowest BCUT2D eigenvalue weighted by Gasteiger charge is -2.06. The molecular formula is C19H18N4OS. The van der Waals surface area contributed by atoms with E-state index in [2.05, 4.69) is 39.7 Å². The molecule has 6 heteroatoms. The fourth-order valence-electron chi connectivity index (χ4n) is 2.65. The molecule has 2 aromatic heterocycles. The monoisotopic (exact) mass is 350 g/mol. The number of aromatic nitrogens is 4. The van der Waals surface area contributed by atoms with Crippen LogP contribution in [-0.2, 0) is 7.05 Å². The fourth-order valence-corrected chi connectivity index (χ4v) is 3.57. The largest absolute Gasteiger partial charge is 0.419 e. The van der Waals surface area contributed by atoms with Crippen LogP contribution in [0.1, 0.15) is 23.6 Å². The summed E-state index contributed by atoms with van der Waals surface area (Å²) in [5.41, 5.74) is 4.24. The number of benzene rings is 2. The average molecular weight is 350 g/mol. The summed E-state index contributed by atoms with van der Waals surface area (Å²) in [6.45, 7) is 4.11. The molecule has 0 unspecified atom stereocenters. The summed E-state index contributed by atoms with van der Waals surface area (Å²) in [5, 5.41) is 9.36. The molecule has 2 heterocycles. The third-order valence-corrected chi connectivity index (χ3v) is 5.25. The highest BCUT2D eigenvalue weighted by Crippen LogP contribution is 2.35. The normalized spacial score (nSPS) is 12.6. The van der Waals surface area contributed by atoms with Crippen molar-refractivity contribution in [1.82, 2.24) is 19.7 Å². The van der Waals surface area contributed by atoms with Gasteiger partial charge in [0.1, 0.15) is 0 Å². The molecule has 126 valence electrons. The van der Waals surface area contributed by atoms with E-state index in [-0.39, 0.29) is 5.25 Å². The van der Waals surface area contributed by atoms with E-state index in [1.54, 1.807) is 11.8 Å². The predicted octanol–water partition coefficient (Wildman–Crippen LogP) is 4.79. The standard InChI is InChI=1S/C19H18N4OS/c1-12-8-10-14(11-9-12)18-22-21-17(24-18)13(2)25-19-20-15-6-4-5-7-16(15)23(19)3/h4-11,13H,1-3H3/t13-/m0/s1. The Hall–Kier alpha value is -2.60. The predicted molar refractivity (Wildman–Crippen MR) is 99.5 cm³/mol. The van der Waals surface area contributed by atoms with Gasteiger partial charge in [0.2, 0.25) is 11.8 Å². The fraction of sp³-hybridized carbons (Fsp3) is 0.211. The van der Waals surface area contributed by atoms with Gasteiger partial charge >= 0.3 is 0 Å². The molecule has 2 aromatic carbocycles. The van der Waals surface area contributed by atoms with Gasteiger partial charge < -0.3 is 8.98 Å². The van der Waals surface area contributed by atoms with Crippen LogP contribution in [-0.4, -0.2) is 19.7 Å². The van der Waals surface area contributed by atoms with E-state index >= 15 is 0 Å². The molecular weight excluding hydrogens is 332 g/mol. The molecule has 1 atom stereocenters. The molecule has 0 saturated carbocycles. The lowest BCUT2D eigenvalue weighted by atomic mass is 10.1. The highest BCUT2D eigenvalue weighted by atomic mass is 32.2. The first-order valence-electron chi connectivity index (χ1n) is 8.10. The zero-order chi connectivity index (χ0) is 17.4. The summed E-state index contributed by atoms with van der Waals surface area (Å²) < 4.78 is 7.97. The molecule has 0 bridgehead atoms. The number of thioether (sulfide) groups is 1. The van der Waals surface area contributed by atoms with E-state index in [1.807, 2.05) is 49.5 Å². The molecule has 0 fully saturated rings. The van der Waals surface area contributed by atoms with Gasteiger partial charge in [-0.05, 0) is 38.1 Å². The number of nitrogens with zero attached hydrogens (tertiary/aromatic N) is 4. The number of hydrogen-bond donors (Lipinski definition) is 0. The molecule has 0 aliphatic heterocycles. The molecule has 4 aromatic rings. The van der Waals surface area contributed by atoms with Crippen molar-refractivity contribution in [3.05, 3.63) is 60.0 Å². The van der Waals surface area contributed by atoms with Crippen molar-refractivity contribution in [2.45, 2.75) is 24.3 Å². The molecule has 0 radical (unpaired) electrons. The second-order valence-corrected chi connectivity index (χ2v) is 7.32. The molecule has 0 aliphatic rings. The number of rotatable bonds is 4. The molecule has 0 spiro atoms. The molecule has 4 rings (SSSR count). The van der Waals surface area contributed by atoms with Crippen molar-refractivity contribution in [2.75, 3.05) is 0 Å². The van der Waals surface area contributed by atoms with Crippen LogP contribution in [0.5, 0.6) is 0 Å². The quantitative estimate of drug-likeness (QED) is 0.496. The van der Waals surface area contributed by atoms with Gasteiger partial charge in [0.15, 0.2) is 5.16 Å². The van der Waals surface area contributed by atoms with E-state index < -0.39 is 0 Å². The Balaban J connectivity index is 1.57. The Kier molecular flexibility index (Phi) is 4.05. The number of aryl methyl sites for hydroxylation is 2. The second-order valence-electron chi connectivity index (χ2n) is 6.01. The molecule has 0 amide bonds. The van der Waals surface area contributed by atoms with E-state index in [0.29, 0.717) is 11.8 Å². The minimum Gasteiger partial charge on any atom is -0.419 e. The summed E-state index contributed by atoms with van der Waals surface area (Å²) in [4.78, 5) is 4.69. The summed E-state index contributed by atoms with van der Waals surface area (Å²) in [6.07, 6.45) is 0. The number of hydrogen-bond acceptors (Lipinski definition) is 5. The van der Waals surface area contributed by atoms with Crippen molar-refractivity contribution in [1.29, 1.82) is 0 Å². The third kappa shape index (κ3) is 3.05. The van der Waals surface area contributed by atoms with E-state index in [1.165, 1.54) is 5.56 Å². The second kappa shape index (κ2) is 6.37. The summed E-state index contributed by atoms with van der Waals surface area (Å²) in [7, 11) is 2.02. The molecule has 25 heavy (non-hydrogen) atoms. The highest BCUT2D eigenvalue weighted by molar-refractivity contribution is 7.99. The van der Waals surface area contributed by atoms with Crippen molar-refractivity contribution in [3.8, 4) is 11.5 Å². The Morgan fingerprint density at radius 2 is 1.80 bits per heavy atom. The summed E-state index contributed by atoms with van der Waals surface area (Å²) in [6, 6.07) is 16.2. The number of imidazole rings is 1. The van der Waals surface area contributed by atoms with Gasteiger partial charge in [-0.2, -0.15) is 0 Å². The van der Waals surface area contributed by atoms with Crippen LogP contribution < -0.4 is 0 Å². The third-order valence-electron chi connectivity index (χ3n) is 4.12. The lowest BCUT2D eigenvalue weighted by Crippen LogP contribution is -1.94. The maximum absolute atomic E-state index is 5.88. The number of fused-ring (bicyclic) bond motifs is 1. The SMILES string of the molecule is Cc1ccc(-c2nnc([C@H](C)Sc3nc4ccccc4n3C)o2)cc1. The summed E-state index contributed by atoms with van der Waals surface area (Å²) >= 11 is 1.62. The van der Waals surface area contributed by atoms with Gasteiger partial charge in [0.05, 0.1) is 16.3 Å². The van der Waals surface area contributed by atoms with Crippen LogP contribution >= 0.6 is 11.8 Å². The Labute approximate surface area is 150 Å². The first-order valence-corrected chi connectivity index (χ1v) is 8.98. The lowest BCUT2D eigenvalue weighted by molar-refractivity contribution is 0.509. The molecule has 0 saturated heterocycles. The smallest absolute Gasteiger partial charge is 0.247 e. The zero-order valence-electron chi connectivity index (χ0n) is 14.3. The van der Waals surface area contributed by atoms with Crippen molar-refractivity contribution in [3.63, 3.8) is 0 Å². The minimum atomic E-state index is 0.0159. The van der Waals surface area contributed by atoms with Gasteiger partial charge in [-0.25, -0.2) is 4.98 Å². The van der Waals surface area contributed by atoms with Crippen LogP contribution in [0.3, 0.4) is 0 Å². The van der Waals surface area contributed by atoms with Crippen molar-refractivity contribution in [2.24, 2.45) is 7.05 Å². The van der Waals surface area contributed by atoms with Gasteiger partial charge in [-0.3, -0.25) is 0 Å². The van der Waals surface area contributed by atoms with Crippen LogP contribution in [0.4, 0.5) is 0 Å². The Morgan fingerprint density at radius 3 is 2.56 bits per heavy atom. The van der Waals surface area contributed by atoms with E-state index in [4.69, 9.17) is 4.42 Å². The van der Waals surface area contributed by atoms with Crippen molar-refractivity contribution < 1.29 is 4.42 Å². The number of para-hydroxylation sites is 2. The highest BCUT2D eigenvalue weighted by Gasteiger charge is 2.19. The molecule has 0 aliphatic carbocycles. The topological polar surface area (TPSA) is 56.7 Å². The van der Waals surface area contributed by atoms with E-state index in [9.17, 15) is 0 Å². The average Bonchev–Trinajstić information content (AvgIpc) is 3.22. The van der Waals surface area contributed by atoms with Crippen LogP contribution in [0, 0.1) is 6.92 Å². The molecule has 5 nitrogen and oxygen atoms in total. The van der Waals surface area contributed by atoms with Crippen LogP contribution in [0.2, 0.25) is 0 Å². The Bertz CT molecular complexity index is 1020. The molecule has 0 N–H and O–H groups in total. The maximum Gasteiger partial charge on any atom is 0.247 e. The van der Waals surface area contributed by atoms with Crippen LogP contribution in [0.15, 0.2) is 58.1 Å². The first-order chi connectivity index (χ1) is 12.1. The zero-order valence-corrected chi connectivity index (χ0v) is 15.1. The first kappa shape index (κ1) is 15.9. The van der Waals surface area contributed by atoms with Crippen molar-refractivity contribution >= 4 is 22.8 Å². The van der Waals surface area contributed by atoms with Crippen LogP contribution in [0.25, 0.3) is 22.5 Å².